The van der Waals surface area contributed by atoms with Gasteiger partial charge in [-0.25, -0.2) is 4.98 Å². The highest BCUT2D eigenvalue weighted by atomic mass is 16.5. The molecule has 0 atom stereocenters. The summed E-state index contributed by atoms with van der Waals surface area (Å²) in [6, 6.07) is 27.5. The van der Waals surface area contributed by atoms with Crippen molar-refractivity contribution in [3.8, 4) is 33.9 Å². The van der Waals surface area contributed by atoms with Gasteiger partial charge < -0.3 is 4.98 Å². The highest BCUT2D eigenvalue weighted by Crippen LogP contribution is 2.32. The van der Waals surface area contributed by atoms with Crippen molar-refractivity contribution in [2.24, 2.45) is 0 Å². The highest BCUT2D eigenvalue weighted by Gasteiger charge is 2.15. The molecule has 1 aromatic heterocycles. The van der Waals surface area contributed by atoms with Gasteiger partial charge in [-0.3, -0.25) is 16.1 Å². The Morgan fingerprint density at radius 1 is 0.778 bits per heavy atom. The number of hydrogen-bond donors (Lipinski definition) is 4. The maximum atomic E-state index is 8.87. The Bertz CT molecular complexity index is 998. The summed E-state index contributed by atoms with van der Waals surface area (Å²) in [7, 11) is 0. The second kappa shape index (κ2) is 7.27. The summed E-state index contributed by atoms with van der Waals surface area (Å²) >= 11 is 0. The first kappa shape index (κ1) is 16.8. The van der Waals surface area contributed by atoms with Gasteiger partial charge in [0.15, 0.2) is 0 Å². The van der Waals surface area contributed by atoms with E-state index in [1.165, 1.54) is 0 Å². The third-order valence-corrected chi connectivity index (χ3v) is 4.37. The summed E-state index contributed by atoms with van der Waals surface area (Å²) in [5.41, 5.74) is 7.33. The number of aromatic nitrogens is 2. The lowest BCUT2D eigenvalue weighted by atomic mass is 10.1. The van der Waals surface area contributed by atoms with Crippen LogP contribution in [0, 0.1) is 5.41 Å². The molecular formula is C22H18N4O. The summed E-state index contributed by atoms with van der Waals surface area (Å²) in [6.45, 7) is 0. The number of hydroxylamine groups is 1. The summed E-state index contributed by atoms with van der Waals surface area (Å²) < 4.78 is 0. The lowest BCUT2D eigenvalue weighted by Crippen LogP contribution is -2.18. The molecule has 0 aliphatic carbocycles. The van der Waals surface area contributed by atoms with Crippen LogP contribution in [-0.4, -0.2) is 21.0 Å². The molecule has 0 aliphatic rings. The topological polar surface area (TPSA) is 84.8 Å². The van der Waals surface area contributed by atoms with E-state index in [0.717, 1.165) is 33.9 Å². The molecule has 5 heteroatoms. The predicted octanol–water partition coefficient (Wildman–Crippen LogP) is 4.71. The largest absolute Gasteiger partial charge is 0.337 e. The molecule has 0 fully saturated rings. The molecule has 0 amide bonds. The van der Waals surface area contributed by atoms with E-state index in [4.69, 9.17) is 15.6 Å². The van der Waals surface area contributed by atoms with Gasteiger partial charge in [-0.2, -0.15) is 0 Å². The van der Waals surface area contributed by atoms with Gasteiger partial charge in [0.05, 0.1) is 11.4 Å². The van der Waals surface area contributed by atoms with Crippen molar-refractivity contribution in [1.82, 2.24) is 15.4 Å². The molecule has 0 saturated carbocycles. The summed E-state index contributed by atoms with van der Waals surface area (Å²) in [5.74, 6) is 0.707. The molecule has 4 N–H and O–H groups in total. The van der Waals surface area contributed by atoms with Gasteiger partial charge in [-0.1, -0.05) is 84.9 Å². The van der Waals surface area contributed by atoms with Crippen LogP contribution in [0.1, 0.15) is 5.56 Å². The molecule has 1 heterocycles. The molecule has 3 aromatic carbocycles. The molecule has 0 unspecified atom stereocenters. The first-order valence-corrected chi connectivity index (χ1v) is 8.56. The maximum Gasteiger partial charge on any atom is 0.149 e. The van der Waals surface area contributed by atoms with Crippen molar-refractivity contribution in [3.05, 3.63) is 90.5 Å². The molecule has 0 saturated heterocycles. The molecule has 0 aliphatic heterocycles. The van der Waals surface area contributed by atoms with Crippen LogP contribution < -0.4 is 5.48 Å². The van der Waals surface area contributed by atoms with Crippen LogP contribution in [0.15, 0.2) is 84.9 Å². The fraction of sp³-hybridized carbons (Fsp3) is 0. The van der Waals surface area contributed by atoms with E-state index >= 15 is 0 Å². The molecule has 4 rings (SSSR count). The van der Waals surface area contributed by atoms with E-state index < -0.39 is 0 Å². The standard InChI is InChI=1S/C22H18N4O/c23-21(26-27)17-11-13-18(14-12-17)22-24-19(15-7-3-1-4-8-15)20(25-22)16-9-5-2-6-10-16/h1-14,27H,(H2,23,26)(H,24,25). The van der Waals surface area contributed by atoms with Gasteiger partial charge in [0, 0.05) is 22.3 Å². The molecule has 4 aromatic rings. The number of rotatable bonds is 4. The predicted molar refractivity (Wildman–Crippen MR) is 107 cm³/mol. The van der Waals surface area contributed by atoms with Gasteiger partial charge in [0.25, 0.3) is 0 Å². The van der Waals surface area contributed by atoms with Gasteiger partial charge >= 0.3 is 0 Å². The van der Waals surface area contributed by atoms with Crippen LogP contribution >= 0.6 is 0 Å². The van der Waals surface area contributed by atoms with Crippen LogP contribution in [0.4, 0.5) is 0 Å². The number of imidazole rings is 1. The maximum absolute atomic E-state index is 8.87. The number of amidine groups is 1. The second-order valence-corrected chi connectivity index (χ2v) is 6.11. The zero-order chi connectivity index (χ0) is 18.6. The summed E-state index contributed by atoms with van der Waals surface area (Å²) in [6.07, 6.45) is 0. The number of H-pyrrole nitrogens is 1. The van der Waals surface area contributed by atoms with Crippen LogP contribution in [0.25, 0.3) is 33.9 Å². The van der Waals surface area contributed by atoms with Crippen molar-refractivity contribution >= 4 is 5.84 Å². The van der Waals surface area contributed by atoms with Crippen LogP contribution in [0.5, 0.6) is 0 Å². The normalized spacial score (nSPS) is 10.6. The number of benzene rings is 3. The van der Waals surface area contributed by atoms with Gasteiger partial charge in [0.2, 0.25) is 0 Å². The van der Waals surface area contributed by atoms with Gasteiger partial charge in [0.1, 0.15) is 11.7 Å². The van der Waals surface area contributed by atoms with Crippen molar-refractivity contribution < 1.29 is 5.21 Å². The molecule has 0 spiro atoms. The monoisotopic (exact) mass is 354 g/mol. The molecule has 5 nitrogen and oxygen atoms in total. The van der Waals surface area contributed by atoms with Gasteiger partial charge in [-0.05, 0) is 0 Å². The molecule has 132 valence electrons. The summed E-state index contributed by atoms with van der Waals surface area (Å²) in [4.78, 5) is 8.29. The summed E-state index contributed by atoms with van der Waals surface area (Å²) in [5, 5.41) is 16.5. The van der Waals surface area contributed by atoms with Crippen molar-refractivity contribution in [2.75, 3.05) is 0 Å². The number of nitrogens with one attached hydrogen (secondary N) is 3. The fourth-order valence-corrected chi connectivity index (χ4v) is 2.99. The van der Waals surface area contributed by atoms with E-state index in [2.05, 4.69) is 17.1 Å². The second-order valence-electron chi connectivity index (χ2n) is 6.11. The minimum Gasteiger partial charge on any atom is -0.337 e. The number of hydrogen-bond acceptors (Lipinski definition) is 3. The minimum absolute atomic E-state index is 0.0454. The van der Waals surface area contributed by atoms with Crippen molar-refractivity contribution in [3.63, 3.8) is 0 Å². The molecule has 0 radical (unpaired) electrons. The Morgan fingerprint density at radius 3 is 1.96 bits per heavy atom. The zero-order valence-electron chi connectivity index (χ0n) is 14.5. The van der Waals surface area contributed by atoms with Crippen LogP contribution in [0.3, 0.4) is 0 Å². The molecular weight excluding hydrogens is 336 g/mol. The average molecular weight is 354 g/mol. The van der Waals surface area contributed by atoms with Crippen molar-refractivity contribution in [1.29, 1.82) is 5.41 Å². The van der Waals surface area contributed by atoms with E-state index in [9.17, 15) is 0 Å². The first-order valence-electron chi connectivity index (χ1n) is 8.56. The van der Waals surface area contributed by atoms with E-state index in [1.54, 1.807) is 12.1 Å². The Kier molecular flexibility index (Phi) is 4.51. The van der Waals surface area contributed by atoms with Crippen molar-refractivity contribution in [2.45, 2.75) is 0 Å². The third-order valence-electron chi connectivity index (χ3n) is 4.37. The lowest BCUT2D eigenvalue weighted by molar-refractivity contribution is 0.234. The zero-order valence-corrected chi connectivity index (χ0v) is 14.5. The fourth-order valence-electron chi connectivity index (χ4n) is 2.99. The Morgan fingerprint density at radius 2 is 1.37 bits per heavy atom. The SMILES string of the molecule is N=C(NO)c1ccc(-c2nc(-c3ccccc3)c(-c3ccccc3)[nH]2)cc1. The quantitative estimate of drug-likeness (QED) is 0.243. The third kappa shape index (κ3) is 3.36. The van der Waals surface area contributed by atoms with E-state index in [-0.39, 0.29) is 5.84 Å². The molecule has 27 heavy (non-hydrogen) atoms. The average Bonchev–Trinajstić information content (AvgIpc) is 3.20. The van der Waals surface area contributed by atoms with Crippen LogP contribution in [-0.2, 0) is 0 Å². The smallest absolute Gasteiger partial charge is 0.149 e. The lowest BCUT2D eigenvalue weighted by Gasteiger charge is -2.03. The molecule has 0 bridgehead atoms. The van der Waals surface area contributed by atoms with Crippen LogP contribution in [0.2, 0.25) is 0 Å². The number of nitrogens with zero attached hydrogens (tertiary/aromatic N) is 1. The van der Waals surface area contributed by atoms with Gasteiger partial charge in [-0.15, -0.1) is 0 Å². The van der Waals surface area contributed by atoms with E-state index in [1.807, 2.05) is 66.1 Å². The minimum atomic E-state index is -0.0454. The first-order chi connectivity index (χ1) is 13.3. The Hall–Kier alpha value is -3.70. The Balaban J connectivity index is 1.81. The van der Waals surface area contributed by atoms with E-state index in [0.29, 0.717) is 5.56 Å². The highest BCUT2D eigenvalue weighted by molar-refractivity contribution is 5.95. The number of aromatic amines is 1. The Labute approximate surface area is 156 Å².